The molecule has 0 bridgehead atoms. The van der Waals surface area contributed by atoms with Crippen molar-refractivity contribution in [2.24, 2.45) is 0 Å². The largest absolute Gasteiger partial charge is 0.207 e. The van der Waals surface area contributed by atoms with Crippen LogP contribution in [0.3, 0.4) is 0 Å². The van der Waals surface area contributed by atoms with Gasteiger partial charge in [0.25, 0.3) is 0 Å². The summed E-state index contributed by atoms with van der Waals surface area (Å²) in [4.78, 5) is 0. The third-order valence-electron chi connectivity index (χ3n) is 3.17. The molecule has 7 heteroatoms. The van der Waals surface area contributed by atoms with Crippen LogP contribution in [0.25, 0.3) is 11.1 Å². The molecule has 0 fully saturated rings. The van der Waals surface area contributed by atoms with E-state index < -0.39 is 57.8 Å². The molecule has 0 radical (unpaired) electrons. The van der Waals surface area contributed by atoms with Crippen molar-refractivity contribution in [3.8, 4) is 11.1 Å². The van der Waals surface area contributed by atoms with Crippen LogP contribution in [-0.4, -0.2) is 0 Å². The summed E-state index contributed by atoms with van der Waals surface area (Å²) in [6, 6.07) is 1.11. The molecule has 0 aliphatic carbocycles. The highest BCUT2D eigenvalue weighted by molar-refractivity contribution is 5.70. The van der Waals surface area contributed by atoms with Crippen LogP contribution in [0, 0.1) is 40.7 Å². The second-order valence-corrected chi connectivity index (χ2v) is 4.95. The van der Waals surface area contributed by atoms with Crippen molar-refractivity contribution < 1.29 is 30.7 Å². The molecule has 0 atom stereocenters. The predicted molar refractivity (Wildman–Crippen MR) is 65.7 cm³/mol. The van der Waals surface area contributed by atoms with Gasteiger partial charge in [0.2, 0.25) is 5.82 Å². The lowest BCUT2D eigenvalue weighted by atomic mass is 9.91. The fourth-order valence-electron chi connectivity index (χ4n) is 2.14. The van der Waals surface area contributed by atoms with Crippen molar-refractivity contribution in [3.05, 3.63) is 58.4 Å². The van der Waals surface area contributed by atoms with Gasteiger partial charge >= 0.3 is 0 Å². The molecule has 0 spiro atoms. The van der Waals surface area contributed by atoms with E-state index in [9.17, 15) is 30.7 Å². The monoisotopic (exact) mass is 322 g/mol. The lowest BCUT2D eigenvalue weighted by Crippen LogP contribution is -2.07. The standard InChI is InChI=1S/C15H9F7/c1-5(2)7-3-6(16)4-8(17)9(7)10-11(18)13(20)15(22)14(21)12(10)19/h3-5H,1-2H3. The van der Waals surface area contributed by atoms with Crippen LogP contribution in [0.2, 0.25) is 0 Å². The Morgan fingerprint density at radius 3 is 1.55 bits per heavy atom. The van der Waals surface area contributed by atoms with Gasteiger partial charge in [0.1, 0.15) is 11.6 Å². The summed E-state index contributed by atoms with van der Waals surface area (Å²) in [6.45, 7) is 2.92. The highest BCUT2D eigenvalue weighted by Gasteiger charge is 2.30. The van der Waals surface area contributed by atoms with Crippen molar-refractivity contribution in [1.82, 2.24) is 0 Å². The summed E-state index contributed by atoms with van der Waals surface area (Å²) in [5.41, 5.74) is -2.46. The molecule has 0 amide bonds. The van der Waals surface area contributed by atoms with Gasteiger partial charge < -0.3 is 0 Å². The van der Waals surface area contributed by atoms with Gasteiger partial charge in [-0.2, -0.15) is 0 Å². The van der Waals surface area contributed by atoms with Crippen molar-refractivity contribution in [1.29, 1.82) is 0 Å². The van der Waals surface area contributed by atoms with Crippen molar-refractivity contribution in [3.63, 3.8) is 0 Å². The van der Waals surface area contributed by atoms with Crippen molar-refractivity contribution >= 4 is 0 Å². The van der Waals surface area contributed by atoms with Crippen LogP contribution in [0.15, 0.2) is 12.1 Å². The molecule has 0 heterocycles. The van der Waals surface area contributed by atoms with Gasteiger partial charge in [-0.15, -0.1) is 0 Å². The zero-order chi connectivity index (χ0) is 16.8. The summed E-state index contributed by atoms with van der Waals surface area (Å²) < 4.78 is 94.5. The third-order valence-corrected chi connectivity index (χ3v) is 3.17. The molecule has 118 valence electrons. The van der Waals surface area contributed by atoms with Crippen LogP contribution in [0.5, 0.6) is 0 Å². The Hall–Kier alpha value is -2.05. The molecule has 0 nitrogen and oxygen atoms in total. The Morgan fingerprint density at radius 2 is 1.09 bits per heavy atom. The highest BCUT2D eigenvalue weighted by Crippen LogP contribution is 2.38. The van der Waals surface area contributed by atoms with Gasteiger partial charge in [0.15, 0.2) is 23.3 Å². The molecular weight excluding hydrogens is 313 g/mol. The smallest absolute Gasteiger partial charge is 0.200 e. The van der Waals surface area contributed by atoms with E-state index in [4.69, 9.17) is 0 Å². The van der Waals surface area contributed by atoms with Crippen molar-refractivity contribution in [2.75, 3.05) is 0 Å². The van der Waals surface area contributed by atoms with Crippen LogP contribution in [-0.2, 0) is 0 Å². The lowest BCUT2D eigenvalue weighted by Gasteiger charge is -2.16. The molecule has 0 aromatic heterocycles. The van der Waals surface area contributed by atoms with Crippen LogP contribution < -0.4 is 0 Å². The van der Waals surface area contributed by atoms with Crippen LogP contribution in [0.1, 0.15) is 25.3 Å². The van der Waals surface area contributed by atoms with Gasteiger partial charge in [-0.25, -0.2) is 30.7 Å². The average Bonchev–Trinajstić information content (AvgIpc) is 2.44. The van der Waals surface area contributed by atoms with Crippen LogP contribution >= 0.6 is 0 Å². The molecule has 0 unspecified atom stereocenters. The molecule has 2 aromatic rings. The maximum atomic E-state index is 14.0. The number of hydrogen-bond acceptors (Lipinski definition) is 0. The zero-order valence-electron chi connectivity index (χ0n) is 11.4. The highest BCUT2D eigenvalue weighted by atomic mass is 19.2. The van der Waals surface area contributed by atoms with E-state index in [2.05, 4.69) is 0 Å². The molecule has 0 aliphatic rings. The predicted octanol–water partition coefficient (Wildman–Crippen LogP) is 5.45. The minimum atomic E-state index is -2.34. The van der Waals surface area contributed by atoms with Gasteiger partial charge in [-0.05, 0) is 17.5 Å². The molecule has 2 rings (SSSR count). The second kappa shape index (κ2) is 5.62. The van der Waals surface area contributed by atoms with E-state index in [1.807, 2.05) is 0 Å². The Labute approximate surface area is 121 Å². The van der Waals surface area contributed by atoms with Crippen LogP contribution in [0.4, 0.5) is 30.7 Å². The minimum Gasteiger partial charge on any atom is -0.207 e. The van der Waals surface area contributed by atoms with Crippen molar-refractivity contribution in [2.45, 2.75) is 19.8 Å². The first kappa shape index (κ1) is 16.3. The molecule has 0 aliphatic heterocycles. The molecule has 0 N–H and O–H groups in total. The Morgan fingerprint density at radius 1 is 0.636 bits per heavy atom. The third kappa shape index (κ3) is 2.44. The number of benzene rings is 2. The SMILES string of the molecule is CC(C)c1cc(F)cc(F)c1-c1c(F)c(F)c(F)c(F)c1F. The summed E-state index contributed by atoms with van der Waals surface area (Å²) in [7, 11) is 0. The van der Waals surface area contributed by atoms with E-state index in [0.29, 0.717) is 6.07 Å². The summed E-state index contributed by atoms with van der Waals surface area (Å²) in [6.07, 6.45) is 0. The van der Waals surface area contributed by atoms with E-state index in [0.717, 1.165) is 6.07 Å². The normalized spacial score (nSPS) is 11.4. The van der Waals surface area contributed by atoms with E-state index in [1.165, 1.54) is 13.8 Å². The van der Waals surface area contributed by atoms with Gasteiger partial charge in [-0.3, -0.25) is 0 Å². The molecule has 0 saturated carbocycles. The van der Waals surface area contributed by atoms with Gasteiger partial charge in [0, 0.05) is 11.6 Å². The Balaban J connectivity index is 2.95. The molecule has 22 heavy (non-hydrogen) atoms. The molecule has 0 saturated heterocycles. The number of hydrogen-bond donors (Lipinski definition) is 0. The minimum absolute atomic E-state index is 0.208. The maximum absolute atomic E-state index is 14.0. The maximum Gasteiger partial charge on any atom is 0.200 e. The molecular formula is C15H9F7. The zero-order valence-corrected chi connectivity index (χ0v) is 11.4. The Bertz CT molecular complexity index is 721. The van der Waals surface area contributed by atoms with Gasteiger partial charge in [-0.1, -0.05) is 13.8 Å². The summed E-state index contributed by atoms with van der Waals surface area (Å²) >= 11 is 0. The Kier molecular flexibility index (Phi) is 4.17. The van der Waals surface area contributed by atoms with E-state index in [-0.39, 0.29) is 5.56 Å². The van der Waals surface area contributed by atoms with Gasteiger partial charge in [0.05, 0.1) is 5.56 Å². The fourth-order valence-corrected chi connectivity index (χ4v) is 2.14. The first-order valence-corrected chi connectivity index (χ1v) is 6.17. The molecule has 2 aromatic carbocycles. The van der Waals surface area contributed by atoms with E-state index in [1.54, 1.807) is 0 Å². The summed E-state index contributed by atoms with van der Waals surface area (Å²) in [5.74, 6) is -14.1. The number of rotatable bonds is 2. The first-order chi connectivity index (χ1) is 10.2. The second-order valence-electron chi connectivity index (χ2n) is 4.95. The first-order valence-electron chi connectivity index (χ1n) is 6.17. The fraction of sp³-hybridized carbons (Fsp3) is 0.200. The average molecular weight is 322 g/mol. The number of halogens is 7. The summed E-state index contributed by atoms with van der Waals surface area (Å²) in [5, 5.41) is 0. The lowest BCUT2D eigenvalue weighted by molar-refractivity contribution is 0.380. The quantitative estimate of drug-likeness (QED) is 0.392. The van der Waals surface area contributed by atoms with E-state index >= 15 is 0 Å². The topological polar surface area (TPSA) is 0 Å².